The van der Waals surface area contributed by atoms with Gasteiger partial charge in [0.2, 0.25) is 10.0 Å². The van der Waals surface area contributed by atoms with Crippen molar-refractivity contribution in [3.63, 3.8) is 0 Å². The second kappa shape index (κ2) is 7.22. The van der Waals surface area contributed by atoms with Gasteiger partial charge in [-0.2, -0.15) is 4.31 Å². The highest BCUT2D eigenvalue weighted by atomic mass is 32.2. The Morgan fingerprint density at radius 2 is 2.24 bits per heavy atom. The Kier molecular flexibility index (Phi) is 5.58. The highest BCUT2D eigenvalue weighted by Gasteiger charge is 2.31. The van der Waals surface area contributed by atoms with Crippen molar-refractivity contribution in [2.24, 2.45) is 5.92 Å². The van der Waals surface area contributed by atoms with Crippen LogP contribution in [0.25, 0.3) is 0 Å². The Balaban J connectivity index is 2.26. The van der Waals surface area contributed by atoms with Crippen molar-refractivity contribution in [1.82, 2.24) is 9.29 Å². The molecule has 0 aromatic carbocycles. The number of sulfonamides is 1. The number of rotatable bonds is 6. The first-order valence-corrected chi connectivity index (χ1v) is 9.22. The van der Waals surface area contributed by atoms with Crippen molar-refractivity contribution in [3.8, 4) is 0 Å². The van der Waals surface area contributed by atoms with Crippen LogP contribution in [0.1, 0.15) is 39.5 Å². The molecule has 0 amide bonds. The van der Waals surface area contributed by atoms with E-state index in [-0.39, 0.29) is 0 Å². The monoisotopic (exact) mass is 311 g/mol. The molecule has 1 aromatic rings. The lowest BCUT2D eigenvalue weighted by molar-refractivity contribution is 0.261. The van der Waals surface area contributed by atoms with Crippen LogP contribution in [0.4, 0.5) is 5.82 Å². The minimum atomic E-state index is -3.46. The van der Waals surface area contributed by atoms with E-state index in [1.807, 2.05) is 6.92 Å². The van der Waals surface area contributed by atoms with Crippen molar-refractivity contribution in [2.45, 2.75) is 44.4 Å². The Morgan fingerprint density at radius 3 is 2.95 bits per heavy atom. The molecule has 0 radical (unpaired) electrons. The first kappa shape index (κ1) is 16.2. The fourth-order valence-corrected chi connectivity index (χ4v) is 4.37. The highest BCUT2D eigenvalue weighted by Crippen LogP contribution is 2.28. The van der Waals surface area contributed by atoms with Gasteiger partial charge < -0.3 is 5.32 Å². The summed E-state index contributed by atoms with van der Waals surface area (Å²) in [6, 6.07) is 3.33. The number of pyridine rings is 1. The molecule has 0 bridgehead atoms. The average molecular weight is 311 g/mol. The minimum Gasteiger partial charge on any atom is -0.369 e. The molecule has 0 saturated carbocycles. The number of aromatic nitrogens is 1. The molecule has 1 N–H and O–H groups in total. The maximum Gasteiger partial charge on any atom is 0.246 e. The van der Waals surface area contributed by atoms with Crippen molar-refractivity contribution in [2.75, 3.05) is 25.0 Å². The lowest BCUT2D eigenvalue weighted by atomic mass is 9.97. The fraction of sp³-hybridized carbons (Fsp3) is 0.667. The van der Waals surface area contributed by atoms with E-state index >= 15 is 0 Å². The van der Waals surface area contributed by atoms with Gasteiger partial charge in [-0.05, 0) is 37.3 Å². The third-order valence-electron chi connectivity index (χ3n) is 3.99. The summed E-state index contributed by atoms with van der Waals surface area (Å²) in [5.74, 6) is 0.940. The molecule has 1 aromatic heterocycles. The summed E-state index contributed by atoms with van der Waals surface area (Å²) in [6.45, 7) is 6.12. The molecule has 21 heavy (non-hydrogen) atoms. The first-order chi connectivity index (χ1) is 10.1. The maximum atomic E-state index is 12.9. The quantitative estimate of drug-likeness (QED) is 0.877. The third-order valence-corrected chi connectivity index (χ3v) is 5.89. The minimum absolute atomic E-state index is 0.301. The summed E-state index contributed by atoms with van der Waals surface area (Å²) < 4.78 is 27.4. The van der Waals surface area contributed by atoms with Gasteiger partial charge in [0.1, 0.15) is 10.7 Å². The molecular formula is C15H25N3O2S. The molecule has 6 heteroatoms. The van der Waals surface area contributed by atoms with E-state index in [1.54, 1.807) is 22.6 Å². The second-order valence-electron chi connectivity index (χ2n) is 5.56. The van der Waals surface area contributed by atoms with Crippen LogP contribution in [-0.2, 0) is 10.0 Å². The van der Waals surface area contributed by atoms with Gasteiger partial charge in [-0.3, -0.25) is 0 Å². The van der Waals surface area contributed by atoms with Crippen LogP contribution in [0.3, 0.4) is 0 Å². The zero-order valence-corrected chi connectivity index (χ0v) is 13.7. The molecule has 1 fully saturated rings. The van der Waals surface area contributed by atoms with Crippen LogP contribution in [-0.4, -0.2) is 37.3 Å². The summed E-state index contributed by atoms with van der Waals surface area (Å²) in [4.78, 5) is 4.50. The van der Waals surface area contributed by atoms with E-state index in [9.17, 15) is 8.42 Å². The molecule has 1 aliphatic heterocycles. The summed E-state index contributed by atoms with van der Waals surface area (Å²) in [5.41, 5.74) is 0. The average Bonchev–Trinajstić information content (AvgIpc) is 2.53. The Hall–Kier alpha value is -1.14. The summed E-state index contributed by atoms with van der Waals surface area (Å²) in [7, 11) is -3.46. The van der Waals surface area contributed by atoms with Crippen molar-refractivity contribution < 1.29 is 8.42 Å². The Bertz CT molecular complexity index is 560. The standard InChI is InChI=1S/C15H25N3O2S/c1-3-9-16-15-14(8-5-10-17-15)21(19,20)18-11-6-7-13(4-2)12-18/h5,8,10,13H,3-4,6-7,9,11-12H2,1-2H3,(H,16,17). The van der Waals surface area contributed by atoms with Crippen LogP contribution < -0.4 is 5.32 Å². The molecule has 1 unspecified atom stereocenters. The van der Waals surface area contributed by atoms with Gasteiger partial charge >= 0.3 is 0 Å². The number of nitrogens with zero attached hydrogens (tertiary/aromatic N) is 2. The van der Waals surface area contributed by atoms with Gasteiger partial charge in [-0.15, -0.1) is 0 Å². The number of anilines is 1. The van der Waals surface area contributed by atoms with E-state index in [0.717, 1.165) is 32.2 Å². The van der Waals surface area contributed by atoms with Crippen LogP contribution >= 0.6 is 0 Å². The van der Waals surface area contributed by atoms with Gasteiger partial charge in [-0.25, -0.2) is 13.4 Å². The highest BCUT2D eigenvalue weighted by molar-refractivity contribution is 7.89. The summed E-state index contributed by atoms with van der Waals surface area (Å²) >= 11 is 0. The van der Waals surface area contributed by atoms with Crippen molar-refractivity contribution in [1.29, 1.82) is 0 Å². The number of nitrogens with one attached hydrogen (secondary N) is 1. The summed E-state index contributed by atoms with van der Waals surface area (Å²) in [5, 5.41) is 3.12. The SMILES string of the molecule is CCCNc1ncccc1S(=O)(=O)N1CCCC(CC)C1. The molecule has 1 saturated heterocycles. The number of hydrogen-bond donors (Lipinski definition) is 1. The topological polar surface area (TPSA) is 62.3 Å². The lowest BCUT2D eigenvalue weighted by Crippen LogP contribution is -2.40. The van der Waals surface area contributed by atoms with E-state index in [4.69, 9.17) is 0 Å². The van der Waals surface area contributed by atoms with Crippen LogP contribution in [0.5, 0.6) is 0 Å². The molecule has 0 aliphatic carbocycles. The van der Waals surface area contributed by atoms with Gasteiger partial charge in [0.15, 0.2) is 0 Å². The predicted octanol–water partition coefficient (Wildman–Crippen LogP) is 2.71. The Labute approximate surface area is 127 Å². The molecular weight excluding hydrogens is 286 g/mol. The smallest absolute Gasteiger partial charge is 0.246 e. The zero-order valence-electron chi connectivity index (χ0n) is 12.9. The normalized spacial score (nSPS) is 20.4. The number of piperidine rings is 1. The zero-order chi connectivity index (χ0) is 15.3. The van der Waals surface area contributed by atoms with Gasteiger partial charge in [0.05, 0.1) is 0 Å². The molecule has 1 atom stereocenters. The number of hydrogen-bond acceptors (Lipinski definition) is 4. The second-order valence-corrected chi connectivity index (χ2v) is 7.46. The van der Waals surface area contributed by atoms with Crippen LogP contribution in [0.2, 0.25) is 0 Å². The largest absolute Gasteiger partial charge is 0.369 e. The molecule has 2 rings (SSSR count). The van der Waals surface area contributed by atoms with Crippen molar-refractivity contribution in [3.05, 3.63) is 18.3 Å². The van der Waals surface area contributed by atoms with E-state index in [2.05, 4.69) is 17.2 Å². The predicted molar refractivity (Wildman–Crippen MR) is 84.8 cm³/mol. The Morgan fingerprint density at radius 1 is 1.43 bits per heavy atom. The maximum absolute atomic E-state index is 12.9. The van der Waals surface area contributed by atoms with Crippen LogP contribution in [0.15, 0.2) is 23.2 Å². The van der Waals surface area contributed by atoms with Crippen molar-refractivity contribution >= 4 is 15.8 Å². The van der Waals surface area contributed by atoms with E-state index in [1.165, 1.54) is 0 Å². The first-order valence-electron chi connectivity index (χ1n) is 7.78. The van der Waals surface area contributed by atoms with Gasteiger partial charge in [0, 0.05) is 25.8 Å². The molecule has 0 spiro atoms. The molecule has 2 heterocycles. The fourth-order valence-electron chi connectivity index (χ4n) is 2.69. The third kappa shape index (κ3) is 3.74. The van der Waals surface area contributed by atoms with E-state index < -0.39 is 10.0 Å². The van der Waals surface area contributed by atoms with Crippen LogP contribution in [0, 0.1) is 5.92 Å². The lowest BCUT2D eigenvalue weighted by Gasteiger charge is -2.31. The molecule has 5 nitrogen and oxygen atoms in total. The molecule has 1 aliphatic rings. The summed E-state index contributed by atoms with van der Waals surface area (Å²) in [6.07, 6.45) is 5.64. The van der Waals surface area contributed by atoms with Gasteiger partial charge in [-0.1, -0.05) is 20.3 Å². The van der Waals surface area contributed by atoms with E-state index in [0.29, 0.717) is 29.7 Å². The molecule has 118 valence electrons. The van der Waals surface area contributed by atoms with Gasteiger partial charge in [0.25, 0.3) is 0 Å².